The largest absolute Gasteiger partial charge is 0.309 e. The van der Waals surface area contributed by atoms with Gasteiger partial charge in [-0.25, -0.2) is 0 Å². The molecule has 79 heavy (non-hydrogen) atoms. The van der Waals surface area contributed by atoms with Gasteiger partial charge in [-0.05, 0) is 101 Å². The molecule has 0 saturated carbocycles. The third-order valence-electron chi connectivity index (χ3n) is 17.8. The van der Waals surface area contributed by atoms with Crippen LogP contribution in [0.5, 0.6) is 0 Å². The minimum absolute atomic E-state index is 1.16. The van der Waals surface area contributed by atoms with E-state index in [1.807, 2.05) is 0 Å². The smallest absolute Gasteiger partial charge is 0.115 e. The van der Waals surface area contributed by atoms with Gasteiger partial charge in [0.25, 0.3) is 0 Å². The second kappa shape index (κ2) is 16.5. The summed E-state index contributed by atoms with van der Waals surface area (Å²) in [6.45, 7) is 17.0. The lowest BCUT2D eigenvalue weighted by molar-refractivity contribution is 1.29. The zero-order valence-electron chi connectivity index (χ0n) is 45.7. The Morgan fingerprint density at radius 1 is 0.418 bits per heavy atom. The fourth-order valence-corrected chi connectivity index (χ4v) is 18.7. The van der Waals surface area contributed by atoms with Crippen LogP contribution in [0.1, 0.15) is 11.1 Å². The molecule has 15 aromatic rings. The van der Waals surface area contributed by atoms with Crippen LogP contribution in [-0.2, 0) is 0 Å². The Labute approximate surface area is 462 Å². The van der Waals surface area contributed by atoms with Gasteiger partial charge in [-0.15, -0.1) is 0 Å². The highest BCUT2D eigenvalue weighted by Gasteiger charge is 2.39. The predicted molar refractivity (Wildman–Crippen MR) is 345 cm³/mol. The molecule has 6 heteroatoms. The second-order valence-electron chi connectivity index (χ2n) is 23.8. The van der Waals surface area contributed by atoms with E-state index in [1.165, 1.54) is 154 Å². The summed E-state index contributed by atoms with van der Waals surface area (Å²) >= 11 is 0. The van der Waals surface area contributed by atoms with Crippen molar-refractivity contribution >= 4 is 142 Å². The van der Waals surface area contributed by atoms with E-state index in [2.05, 4.69) is 290 Å². The maximum atomic E-state index is 2.64. The topological polar surface area (TPSA) is 15.3 Å². The number of hydrogen-bond acceptors (Lipinski definition) is 2. The fourth-order valence-electron chi connectivity index (χ4n) is 14.1. The molecule has 0 radical (unpaired) electrons. The lowest BCUT2D eigenvalue weighted by Crippen LogP contribution is -2.55. The van der Waals surface area contributed by atoms with Crippen LogP contribution in [-0.4, -0.2) is 24.9 Å². The van der Waals surface area contributed by atoms with Gasteiger partial charge in [0.05, 0.1) is 63.9 Å². The number of para-hydroxylation sites is 3. The van der Waals surface area contributed by atoms with Crippen molar-refractivity contribution in [3.63, 3.8) is 0 Å². The lowest BCUT2D eigenvalue weighted by atomic mass is 9.99. The molecule has 0 unspecified atom stereocenters. The van der Waals surface area contributed by atoms with Crippen molar-refractivity contribution in [1.82, 2.24) is 8.80 Å². The van der Waals surface area contributed by atoms with Crippen molar-refractivity contribution in [3.8, 4) is 22.3 Å². The van der Waals surface area contributed by atoms with Gasteiger partial charge < -0.3 is 18.6 Å². The summed E-state index contributed by atoms with van der Waals surface area (Å²) in [6.07, 6.45) is 0. The van der Waals surface area contributed by atoms with Gasteiger partial charge in [-0.2, -0.15) is 0 Å². The van der Waals surface area contributed by atoms with Gasteiger partial charge >= 0.3 is 0 Å². The summed E-state index contributed by atoms with van der Waals surface area (Å²) in [7, 11) is -4.38. The first-order valence-electron chi connectivity index (χ1n) is 27.9. The maximum Gasteiger partial charge on any atom is 0.115 e. The van der Waals surface area contributed by atoms with Crippen LogP contribution >= 0.6 is 0 Å². The molecule has 4 aromatic heterocycles. The van der Waals surface area contributed by atoms with Crippen LogP contribution in [0, 0.1) is 13.8 Å². The van der Waals surface area contributed by atoms with Gasteiger partial charge in [0.1, 0.15) is 8.07 Å². The zero-order chi connectivity index (χ0) is 53.2. The van der Waals surface area contributed by atoms with Crippen molar-refractivity contribution < 1.29 is 0 Å². The van der Waals surface area contributed by atoms with Gasteiger partial charge in [-0.1, -0.05) is 208 Å². The molecule has 11 aromatic carbocycles. The van der Waals surface area contributed by atoms with E-state index in [9.17, 15) is 0 Å². The average molecular weight is 1050 g/mol. The molecule has 0 aliphatic carbocycles. The third-order valence-corrected chi connectivity index (χ3v) is 23.3. The van der Waals surface area contributed by atoms with E-state index in [0.29, 0.717) is 0 Å². The summed E-state index contributed by atoms with van der Waals surface area (Å²) in [6, 6.07) is 85.7. The minimum atomic E-state index is -2.43. The van der Waals surface area contributed by atoms with Crippen LogP contribution in [0.15, 0.2) is 224 Å². The SMILES string of the molecule is Cc1ccc(N(c2c(-c3ccccc3)cccc2[Si](C)(C)C)c2ccc3c4cc5c(cc4n4c6ccccc6c2c34)c2ccc3c4c6c(cccc6n5c24)[Si](C)(C)c2cccc(-c4ccccc4)c2N3c2ccc(C)cc2)cc1. The van der Waals surface area contributed by atoms with E-state index >= 15 is 0 Å². The zero-order valence-corrected chi connectivity index (χ0v) is 47.7. The number of aryl methyl sites for hydroxylation is 2. The van der Waals surface area contributed by atoms with Crippen LogP contribution in [0.4, 0.5) is 34.1 Å². The Balaban J connectivity index is 1.01. The van der Waals surface area contributed by atoms with Gasteiger partial charge in [0.15, 0.2) is 0 Å². The van der Waals surface area contributed by atoms with E-state index < -0.39 is 16.1 Å². The minimum Gasteiger partial charge on any atom is -0.309 e. The summed E-state index contributed by atoms with van der Waals surface area (Å²) in [4.78, 5) is 5.23. The first-order chi connectivity index (χ1) is 38.5. The van der Waals surface area contributed by atoms with Gasteiger partial charge in [-0.3, -0.25) is 0 Å². The van der Waals surface area contributed by atoms with Crippen LogP contribution in [0.2, 0.25) is 32.7 Å². The van der Waals surface area contributed by atoms with Crippen molar-refractivity contribution in [1.29, 1.82) is 0 Å². The van der Waals surface area contributed by atoms with E-state index in [4.69, 9.17) is 0 Å². The summed E-state index contributed by atoms with van der Waals surface area (Å²) in [5, 5.41) is 14.7. The van der Waals surface area contributed by atoms with Gasteiger partial charge in [0.2, 0.25) is 0 Å². The Bertz CT molecular complexity index is 4970. The molecule has 0 atom stereocenters. The highest BCUT2D eigenvalue weighted by molar-refractivity contribution is 7.03. The van der Waals surface area contributed by atoms with Crippen molar-refractivity contribution in [2.45, 2.75) is 46.6 Å². The average Bonchev–Trinajstić information content (AvgIpc) is 3.48. The molecule has 0 fully saturated rings. The number of anilines is 6. The first kappa shape index (κ1) is 46.2. The second-order valence-corrected chi connectivity index (χ2v) is 33.2. The lowest BCUT2D eigenvalue weighted by Gasteiger charge is -2.37. The summed E-state index contributed by atoms with van der Waals surface area (Å²) in [5.41, 5.74) is 22.3. The standard InChI is InChI=1S/C73H58N4Si2/c1-45-31-35-49(36-32-45)74(70-51(47-19-10-8-11-20-47)24-16-29-65(70)78(3,4)5)60-41-39-53-56-44-63-57(43-62(56)76-58-26-15-14-23-55(58)67(60)72(53)76)54-40-42-61-69-68-59(77(63)73(54)69)27-18-28-64(68)79(6,7)66-30-17-25-52(48-21-12-9-13-22-48)71(66)75(61)50-37-33-46(2)34-38-50/h8-44H,1-7H3. The summed E-state index contributed by atoms with van der Waals surface area (Å²) < 4.78 is 5.24. The van der Waals surface area contributed by atoms with Crippen LogP contribution in [0.25, 0.3) is 98.4 Å². The molecule has 0 saturated heterocycles. The molecule has 4 nitrogen and oxygen atoms in total. The highest BCUT2D eigenvalue weighted by atomic mass is 28.3. The fraction of sp³-hybridized carbons (Fsp3) is 0.0959. The summed E-state index contributed by atoms with van der Waals surface area (Å²) in [5.74, 6) is 0. The number of hydrogen-bond donors (Lipinski definition) is 0. The molecule has 5 heterocycles. The predicted octanol–water partition coefficient (Wildman–Crippen LogP) is 18.6. The maximum absolute atomic E-state index is 2.64. The normalized spacial score (nSPS) is 13.6. The molecular weight excluding hydrogens is 989 g/mol. The first-order valence-corrected chi connectivity index (χ1v) is 34.4. The Hall–Kier alpha value is -8.95. The van der Waals surface area contributed by atoms with Gasteiger partial charge in [0, 0.05) is 65.6 Å². The van der Waals surface area contributed by atoms with Crippen molar-refractivity contribution in [3.05, 3.63) is 236 Å². The number of nitrogens with zero attached hydrogens (tertiary/aromatic N) is 4. The number of aromatic nitrogens is 2. The van der Waals surface area contributed by atoms with Crippen LogP contribution < -0.4 is 25.4 Å². The molecule has 0 N–H and O–H groups in total. The Kier molecular flexibility index (Phi) is 9.67. The monoisotopic (exact) mass is 1050 g/mol. The Morgan fingerprint density at radius 3 is 1.67 bits per heavy atom. The third kappa shape index (κ3) is 6.41. The van der Waals surface area contributed by atoms with E-state index in [0.717, 1.165) is 5.69 Å². The highest BCUT2D eigenvalue weighted by Crippen LogP contribution is 2.53. The molecule has 1 aliphatic rings. The van der Waals surface area contributed by atoms with Crippen molar-refractivity contribution in [2.24, 2.45) is 0 Å². The molecule has 0 amide bonds. The number of fused-ring (bicyclic) bond motifs is 11. The Morgan fingerprint density at radius 2 is 0.975 bits per heavy atom. The van der Waals surface area contributed by atoms with E-state index in [-0.39, 0.29) is 0 Å². The van der Waals surface area contributed by atoms with Crippen molar-refractivity contribution in [2.75, 3.05) is 9.80 Å². The molecule has 16 rings (SSSR count). The quantitative estimate of drug-likeness (QED) is 0.148. The molecule has 0 spiro atoms. The number of rotatable bonds is 7. The molecule has 378 valence electrons. The van der Waals surface area contributed by atoms with Crippen LogP contribution in [0.3, 0.4) is 0 Å². The van der Waals surface area contributed by atoms with E-state index in [1.54, 1.807) is 0 Å². The molecular formula is C73H58N4Si2. The molecule has 1 aliphatic heterocycles. The number of benzene rings is 11. The molecule has 0 bridgehead atoms.